The number of thioether (sulfide) groups is 1. The predicted molar refractivity (Wildman–Crippen MR) is 101 cm³/mol. The molecule has 2 aromatic rings. The van der Waals surface area contributed by atoms with Gasteiger partial charge in [-0.3, -0.25) is 4.79 Å². The number of rotatable bonds is 8. The van der Waals surface area contributed by atoms with Gasteiger partial charge < -0.3 is 10.1 Å². The summed E-state index contributed by atoms with van der Waals surface area (Å²) in [5.74, 6) is 1.66. The minimum atomic E-state index is 0.0426. The summed E-state index contributed by atoms with van der Waals surface area (Å²) >= 11 is 7.49. The van der Waals surface area contributed by atoms with E-state index in [9.17, 15) is 4.79 Å². The second kappa shape index (κ2) is 9.60. The lowest BCUT2D eigenvalue weighted by Gasteiger charge is -2.11. The van der Waals surface area contributed by atoms with Gasteiger partial charge in [0.2, 0.25) is 5.91 Å². The van der Waals surface area contributed by atoms with Crippen LogP contribution in [0.4, 0.5) is 0 Å². The Balaban J connectivity index is 1.61. The number of carbonyl (C=O) groups is 1. The average molecular weight is 364 g/mol. The number of aryl methyl sites for hydroxylation is 1. The van der Waals surface area contributed by atoms with Crippen LogP contribution in [0.1, 0.15) is 17.5 Å². The fourth-order valence-corrected chi connectivity index (χ4v) is 3.09. The summed E-state index contributed by atoms with van der Waals surface area (Å²) in [5.41, 5.74) is 2.35. The molecule has 0 bridgehead atoms. The molecule has 0 heterocycles. The molecule has 0 unspecified atom stereocenters. The average Bonchev–Trinajstić information content (AvgIpc) is 2.57. The number of hydrogen-bond donors (Lipinski definition) is 1. The van der Waals surface area contributed by atoms with Gasteiger partial charge in [-0.15, -0.1) is 11.8 Å². The molecule has 0 aliphatic carbocycles. The van der Waals surface area contributed by atoms with Crippen molar-refractivity contribution in [2.75, 3.05) is 18.9 Å². The molecule has 0 aliphatic heterocycles. The minimum absolute atomic E-state index is 0.0426. The minimum Gasteiger partial charge on any atom is -0.491 e. The smallest absolute Gasteiger partial charge is 0.220 e. The van der Waals surface area contributed by atoms with Crippen LogP contribution >= 0.6 is 23.4 Å². The third-order valence-corrected chi connectivity index (χ3v) is 4.91. The molecule has 1 N–H and O–H groups in total. The van der Waals surface area contributed by atoms with Crippen molar-refractivity contribution in [2.45, 2.75) is 25.2 Å². The molecule has 1 amide bonds. The molecule has 0 aliphatic rings. The second-order valence-electron chi connectivity index (χ2n) is 5.45. The first kappa shape index (κ1) is 18.7. The zero-order valence-electron chi connectivity index (χ0n) is 14.0. The molecule has 24 heavy (non-hydrogen) atoms. The van der Waals surface area contributed by atoms with E-state index in [-0.39, 0.29) is 5.91 Å². The lowest BCUT2D eigenvalue weighted by molar-refractivity contribution is -0.120. The summed E-state index contributed by atoms with van der Waals surface area (Å²) in [4.78, 5) is 12.9. The molecule has 0 saturated heterocycles. The Morgan fingerprint density at radius 3 is 2.67 bits per heavy atom. The van der Waals surface area contributed by atoms with Gasteiger partial charge in [0.1, 0.15) is 12.4 Å². The summed E-state index contributed by atoms with van der Waals surface area (Å²) in [6, 6.07) is 13.6. The van der Waals surface area contributed by atoms with Gasteiger partial charge in [0.15, 0.2) is 0 Å². The Morgan fingerprint density at radius 1 is 1.17 bits per heavy atom. The SMILES string of the molecule is Cc1cccc(OCCNC(=O)CCSc2ccc(Cl)cc2)c1C. The van der Waals surface area contributed by atoms with Crippen molar-refractivity contribution in [1.82, 2.24) is 5.32 Å². The van der Waals surface area contributed by atoms with Gasteiger partial charge in [-0.05, 0) is 55.3 Å². The zero-order chi connectivity index (χ0) is 17.4. The fraction of sp³-hybridized carbons (Fsp3) is 0.316. The third kappa shape index (κ3) is 6.10. The molecule has 2 rings (SSSR count). The van der Waals surface area contributed by atoms with E-state index in [1.165, 1.54) is 5.56 Å². The van der Waals surface area contributed by atoms with E-state index in [1.807, 2.05) is 43.3 Å². The summed E-state index contributed by atoms with van der Waals surface area (Å²) in [6.45, 7) is 5.08. The van der Waals surface area contributed by atoms with Crippen LogP contribution in [0.5, 0.6) is 5.75 Å². The number of benzene rings is 2. The maximum absolute atomic E-state index is 11.8. The van der Waals surface area contributed by atoms with Gasteiger partial charge in [0.05, 0.1) is 6.54 Å². The quantitative estimate of drug-likeness (QED) is 0.548. The van der Waals surface area contributed by atoms with Crippen LogP contribution in [0.2, 0.25) is 5.02 Å². The van der Waals surface area contributed by atoms with Crippen molar-refractivity contribution in [3.8, 4) is 5.75 Å². The highest BCUT2D eigenvalue weighted by atomic mass is 35.5. The fourth-order valence-electron chi connectivity index (χ4n) is 2.11. The van der Waals surface area contributed by atoms with Crippen LogP contribution in [-0.2, 0) is 4.79 Å². The van der Waals surface area contributed by atoms with Crippen molar-refractivity contribution >= 4 is 29.3 Å². The first-order chi connectivity index (χ1) is 11.6. The molecule has 0 radical (unpaired) electrons. The van der Waals surface area contributed by atoms with E-state index in [0.29, 0.717) is 19.6 Å². The van der Waals surface area contributed by atoms with E-state index >= 15 is 0 Å². The van der Waals surface area contributed by atoms with E-state index in [4.69, 9.17) is 16.3 Å². The highest BCUT2D eigenvalue weighted by Crippen LogP contribution is 2.21. The number of carbonyl (C=O) groups excluding carboxylic acids is 1. The highest BCUT2D eigenvalue weighted by Gasteiger charge is 2.04. The van der Waals surface area contributed by atoms with Crippen LogP contribution < -0.4 is 10.1 Å². The molecular weight excluding hydrogens is 342 g/mol. The molecule has 0 aromatic heterocycles. The van der Waals surface area contributed by atoms with Crippen LogP contribution in [0, 0.1) is 13.8 Å². The molecule has 3 nitrogen and oxygen atoms in total. The van der Waals surface area contributed by atoms with E-state index in [1.54, 1.807) is 11.8 Å². The Morgan fingerprint density at radius 2 is 1.92 bits per heavy atom. The normalized spacial score (nSPS) is 10.5. The first-order valence-electron chi connectivity index (χ1n) is 7.90. The van der Waals surface area contributed by atoms with Gasteiger partial charge in [-0.1, -0.05) is 23.7 Å². The van der Waals surface area contributed by atoms with Gasteiger partial charge in [0.25, 0.3) is 0 Å². The predicted octanol–water partition coefficient (Wildman–Crippen LogP) is 4.63. The van der Waals surface area contributed by atoms with Crippen molar-refractivity contribution in [2.24, 2.45) is 0 Å². The molecule has 128 valence electrons. The van der Waals surface area contributed by atoms with Crippen LogP contribution in [-0.4, -0.2) is 24.8 Å². The van der Waals surface area contributed by atoms with Gasteiger partial charge >= 0.3 is 0 Å². The van der Waals surface area contributed by atoms with E-state index in [0.717, 1.165) is 27.0 Å². The molecule has 0 spiro atoms. The van der Waals surface area contributed by atoms with Crippen LogP contribution in [0.25, 0.3) is 0 Å². The van der Waals surface area contributed by atoms with Crippen molar-refractivity contribution in [3.05, 3.63) is 58.6 Å². The Bertz CT molecular complexity index is 674. The second-order valence-corrected chi connectivity index (χ2v) is 7.05. The standard InChI is InChI=1S/C19H22ClNO2S/c1-14-4-3-5-18(15(14)2)23-12-11-21-19(22)10-13-24-17-8-6-16(20)7-9-17/h3-9H,10-13H2,1-2H3,(H,21,22). The Kier molecular flexibility index (Phi) is 7.47. The number of hydrogen-bond acceptors (Lipinski definition) is 3. The zero-order valence-corrected chi connectivity index (χ0v) is 15.5. The van der Waals surface area contributed by atoms with Crippen molar-refractivity contribution in [3.63, 3.8) is 0 Å². The van der Waals surface area contributed by atoms with Crippen LogP contribution in [0.15, 0.2) is 47.4 Å². The van der Waals surface area contributed by atoms with Crippen molar-refractivity contribution in [1.29, 1.82) is 0 Å². The Hall–Kier alpha value is -1.65. The third-order valence-electron chi connectivity index (χ3n) is 3.65. The largest absolute Gasteiger partial charge is 0.491 e. The lowest BCUT2D eigenvalue weighted by atomic mass is 10.1. The lowest BCUT2D eigenvalue weighted by Crippen LogP contribution is -2.28. The van der Waals surface area contributed by atoms with Gasteiger partial charge in [-0.25, -0.2) is 0 Å². The Labute approximate surface area is 152 Å². The molecule has 0 saturated carbocycles. The number of nitrogens with one attached hydrogen (secondary N) is 1. The number of ether oxygens (including phenoxy) is 1. The van der Waals surface area contributed by atoms with Crippen LogP contribution in [0.3, 0.4) is 0 Å². The monoisotopic (exact) mass is 363 g/mol. The number of amides is 1. The van der Waals surface area contributed by atoms with E-state index in [2.05, 4.69) is 18.3 Å². The maximum Gasteiger partial charge on any atom is 0.220 e. The van der Waals surface area contributed by atoms with Gasteiger partial charge in [-0.2, -0.15) is 0 Å². The summed E-state index contributed by atoms with van der Waals surface area (Å²) in [5, 5.41) is 3.61. The summed E-state index contributed by atoms with van der Waals surface area (Å²) < 4.78 is 5.72. The highest BCUT2D eigenvalue weighted by molar-refractivity contribution is 7.99. The number of halogens is 1. The molecule has 2 aromatic carbocycles. The molecule has 5 heteroatoms. The molecular formula is C19H22ClNO2S. The first-order valence-corrected chi connectivity index (χ1v) is 9.26. The maximum atomic E-state index is 11.8. The molecule has 0 fully saturated rings. The summed E-state index contributed by atoms with van der Waals surface area (Å²) in [7, 11) is 0. The molecule has 0 atom stereocenters. The summed E-state index contributed by atoms with van der Waals surface area (Å²) in [6.07, 6.45) is 0.483. The van der Waals surface area contributed by atoms with Crippen molar-refractivity contribution < 1.29 is 9.53 Å². The van der Waals surface area contributed by atoms with Gasteiger partial charge in [0, 0.05) is 22.1 Å². The topological polar surface area (TPSA) is 38.3 Å². The van der Waals surface area contributed by atoms with E-state index < -0.39 is 0 Å².